The van der Waals surface area contributed by atoms with Crippen LogP contribution in [0, 0.1) is 0 Å². The van der Waals surface area contributed by atoms with Gasteiger partial charge in [-0.2, -0.15) is 13.2 Å². The molecule has 0 aromatic heterocycles. The summed E-state index contributed by atoms with van der Waals surface area (Å²) in [5.41, 5.74) is 0.114. The maximum Gasteiger partial charge on any atom is 0.416 e. The number of nitrogens with one attached hydrogen (secondary N) is 1. The van der Waals surface area contributed by atoms with Gasteiger partial charge in [-0.1, -0.05) is 13.0 Å². The molecular weight excluding hydrogens is 441 g/mol. The van der Waals surface area contributed by atoms with Crippen LogP contribution < -0.4 is 5.32 Å². The van der Waals surface area contributed by atoms with Crippen LogP contribution in [0.1, 0.15) is 63.6 Å². The van der Waals surface area contributed by atoms with E-state index in [1.807, 2.05) is 6.92 Å². The van der Waals surface area contributed by atoms with Crippen molar-refractivity contribution in [3.8, 4) is 0 Å². The van der Waals surface area contributed by atoms with Crippen LogP contribution in [-0.2, 0) is 28.7 Å². The molecule has 0 saturated heterocycles. The van der Waals surface area contributed by atoms with E-state index in [9.17, 15) is 22.8 Å². The molecule has 1 aromatic carbocycles. The Morgan fingerprint density at radius 2 is 1.97 bits per heavy atom. The highest BCUT2D eigenvalue weighted by atomic mass is 32.2. The number of fused-ring (bicyclic) bond motifs is 1. The number of thioether (sulfide) groups is 1. The van der Waals surface area contributed by atoms with Gasteiger partial charge < -0.3 is 15.0 Å². The van der Waals surface area contributed by atoms with Crippen LogP contribution in [0.2, 0.25) is 0 Å². The zero-order valence-electron chi connectivity index (χ0n) is 19.0. The van der Waals surface area contributed by atoms with Gasteiger partial charge in [0.05, 0.1) is 10.3 Å². The van der Waals surface area contributed by atoms with Gasteiger partial charge in [0.2, 0.25) is 5.91 Å². The normalized spacial score (nSPS) is 23.6. The van der Waals surface area contributed by atoms with Crippen molar-refractivity contribution in [1.29, 1.82) is 0 Å². The minimum absolute atomic E-state index is 0.0547. The lowest BCUT2D eigenvalue weighted by Crippen LogP contribution is -2.48. The van der Waals surface area contributed by atoms with E-state index in [0.29, 0.717) is 37.8 Å². The van der Waals surface area contributed by atoms with E-state index in [-0.39, 0.29) is 18.5 Å². The maximum absolute atomic E-state index is 13.6. The molecule has 0 unspecified atom stereocenters. The fraction of sp³-hybridized carbons (Fsp3) is 0.652. The fourth-order valence-corrected chi connectivity index (χ4v) is 5.85. The summed E-state index contributed by atoms with van der Waals surface area (Å²) in [6.07, 6.45) is -2.63. The molecule has 1 aromatic rings. The Hall–Kier alpha value is -1.90. The van der Waals surface area contributed by atoms with Gasteiger partial charge in [-0.15, -0.1) is 11.8 Å². The van der Waals surface area contributed by atoms with Crippen molar-refractivity contribution in [2.24, 2.45) is 0 Å². The molecule has 1 aliphatic heterocycles. The number of alkyl carbamates (subject to hydrolysis) is 1. The van der Waals surface area contributed by atoms with Gasteiger partial charge in [-0.25, -0.2) is 4.79 Å². The number of carbonyl (C=O) groups excluding carboxylic acids is 2. The summed E-state index contributed by atoms with van der Waals surface area (Å²) in [6.45, 7) is 8.01. The number of nitrogens with zero attached hydrogens (tertiary/aromatic N) is 1. The van der Waals surface area contributed by atoms with Gasteiger partial charge in [0, 0.05) is 19.1 Å². The Morgan fingerprint density at radius 3 is 2.59 bits per heavy atom. The van der Waals surface area contributed by atoms with Crippen molar-refractivity contribution in [2.45, 2.75) is 82.5 Å². The van der Waals surface area contributed by atoms with Crippen LogP contribution in [0.15, 0.2) is 18.2 Å². The lowest BCUT2D eigenvalue weighted by atomic mass is 9.95. The second-order valence-corrected chi connectivity index (χ2v) is 11.1. The predicted octanol–water partition coefficient (Wildman–Crippen LogP) is 5.16. The third kappa shape index (κ3) is 5.71. The van der Waals surface area contributed by atoms with Crippen molar-refractivity contribution in [3.05, 3.63) is 34.9 Å². The van der Waals surface area contributed by atoms with Crippen LogP contribution in [0.4, 0.5) is 18.0 Å². The van der Waals surface area contributed by atoms with E-state index in [1.165, 1.54) is 6.07 Å². The first-order chi connectivity index (χ1) is 14.8. The summed E-state index contributed by atoms with van der Waals surface area (Å²) in [7, 11) is 0. The standard InChI is InChI=1S/C23H31F3N2O3S/c1-5-32-22(10-8-18(13-22)27-20(30)31-21(2,3)4)19(29)28-11-9-15-6-7-17(23(24,25)26)12-16(15)14-28/h6-7,12,18H,5,8-11,13-14H2,1-4H3,(H,27,30)/t18-,22-/m1/s1. The van der Waals surface area contributed by atoms with Crippen molar-refractivity contribution in [3.63, 3.8) is 0 Å². The minimum Gasteiger partial charge on any atom is -0.444 e. The van der Waals surface area contributed by atoms with Gasteiger partial charge >= 0.3 is 12.3 Å². The van der Waals surface area contributed by atoms with Crippen molar-refractivity contribution in [2.75, 3.05) is 12.3 Å². The Kier molecular flexibility index (Phi) is 7.08. The number of halogens is 3. The summed E-state index contributed by atoms with van der Waals surface area (Å²) in [6, 6.07) is 3.61. The van der Waals surface area contributed by atoms with Crippen molar-refractivity contribution < 1.29 is 27.5 Å². The van der Waals surface area contributed by atoms with E-state index in [2.05, 4.69) is 5.32 Å². The molecule has 1 fully saturated rings. The van der Waals surface area contributed by atoms with Crippen LogP contribution >= 0.6 is 11.8 Å². The Morgan fingerprint density at radius 1 is 1.25 bits per heavy atom. The SMILES string of the molecule is CCS[C@]1(C(=O)N2CCc3ccc(C(F)(F)F)cc3C2)CC[C@@H](NC(=O)OC(C)(C)C)C1. The highest BCUT2D eigenvalue weighted by Crippen LogP contribution is 2.44. The molecule has 1 saturated carbocycles. The number of hydrogen-bond donors (Lipinski definition) is 1. The second kappa shape index (κ2) is 9.15. The molecule has 2 amide bonds. The largest absolute Gasteiger partial charge is 0.444 e. The molecule has 5 nitrogen and oxygen atoms in total. The molecule has 0 radical (unpaired) electrons. The third-order valence-electron chi connectivity index (χ3n) is 5.84. The highest BCUT2D eigenvalue weighted by Gasteiger charge is 2.48. The van der Waals surface area contributed by atoms with Crippen molar-refractivity contribution >= 4 is 23.8 Å². The van der Waals surface area contributed by atoms with Crippen LogP contribution in [0.5, 0.6) is 0 Å². The van der Waals surface area contributed by atoms with E-state index < -0.39 is 28.2 Å². The first kappa shape index (κ1) is 24.7. The van der Waals surface area contributed by atoms with Gasteiger partial charge in [0.25, 0.3) is 0 Å². The lowest BCUT2D eigenvalue weighted by molar-refractivity contribution is -0.137. The molecule has 32 heavy (non-hydrogen) atoms. The molecule has 178 valence electrons. The van der Waals surface area contributed by atoms with E-state index in [4.69, 9.17) is 4.74 Å². The number of benzene rings is 1. The predicted molar refractivity (Wildman–Crippen MR) is 118 cm³/mol. The molecule has 0 spiro atoms. The monoisotopic (exact) mass is 472 g/mol. The smallest absolute Gasteiger partial charge is 0.416 e. The molecule has 1 aliphatic carbocycles. The fourth-order valence-electron chi connectivity index (χ4n) is 4.47. The van der Waals surface area contributed by atoms with Crippen molar-refractivity contribution in [1.82, 2.24) is 10.2 Å². The van der Waals surface area contributed by atoms with Gasteiger partial charge in [-0.3, -0.25) is 4.79 Å². The molecule has 0 bridgehead atoms. The van der Waals surface area contributed by atoms with Gasteiger partial charge in [-0.05, 0) is 75.5 Å². The summed E-state index contributed by atoms with van der Waals surface area (Å²) >= 11 is 1.56. The van der Waals surface area contributed by atoms with Crippen LogP contribution in [0.25, 0.3) is 0 Å². The number of amides is 2. The number of carbonyl (C=O) groups is 2. The highest BCUT2D eigenvalue weighted by molar-refractivity contribution is 8.01. The third-order valence-corrected chi connectivity index (χ3v) is 7.22. The quantitative estimate of drug-likeness (QED) is 0.658. The van der Waals surface area contributed by atoms with Crippen LogP contribution in [0.3, 0.4) is 0 Å². The Bertz CT molecular complexity index is 869. The average Bonchev–Trinajstić information content (AvgIpc) is 3.08. The first-order valence-corrected chi connectivity index (χ1v) is 11.9. The number of alkyl halides is 3. The van der Waals surface area contributed by atoms with Crippen LogP contribution in [-0.4, -0.2) is 45.6 Å². The summed E-state index contributed by atoms with van der Waals surface area (Å²) in [5.74, 6) is 0.675. The number of rotatable bonds is 4. The van der Waals surface area contributed by atoms with E-state index in [0.717, 1.165) is 23.4 Å². The molecule has 2 aliphatic rings. The topological polar surface area (TPSA) is 58.6 Å². The maximum atomic E-state index is 13.6. The number of ether oxygens (including phenoxy) is 1. The van der Waals surface area contributed by atoms with Gasteiger partial charge in [0.15, 0.2) is 0 Å². The van der Waals surface area contributed by atoms with E-state index >= 15 is 0 Å². The molecule has 1 N–H and O–H groups in total. The number of hydrogen-bond acceptors (Lipinski definition) is 4. The van der Waals surface area contributed by atoms with Gasteiger partial charge in [0.1, 0.15) is 5.60 Å². The molecule has 3 rings (SSSR count). The minimum atomic E-state index is -4.41. The Labute approximate surface area is 191 Å². The lowest BCUT2D eigenvalue weighted by Gasteiger charge is -2.37. The zero-order chi connectivity index (χ0) is 23.7. The first-order valence-electron chi connectivity index (χ1n) is 10.9. The van der Waals surface area contributed by atoms with E-state index in [1.54, 1.807) is 37.4 Å². The molecular formula is C23H31F3N2O3S. The summed E-state index contributed by atoms with van der Waals surface area (Å²) < 4.78 is 44.1. The molecule has 9 heteroatoms. The summed E-state index contributed by atoms with van der Waals surface area (Å²) in [5, 5.41) is 2.88. The zero-order valence-corrected chi connectivity index (χ0v) is 19.8. The Balaban J connectivity index is 1.73. The summed E-state index contributed by atoms with van der Waals surface area (Å²) in [4.78, 5) is 27.5. The molecule has 1 heterocycles. The molecule has 2 atom stereocenters. The average molecular weight is 473 g/mol. The second-order valence-electron chi connectivity index (χ2n) is 9.47.